The second-order valence-corrected chi connectivity index (χ2v) is 8.94. The van der Waals surface area contributed by atoms with Gasteiger partial charge in [-0.2, -0.15) is 4.31 Å². The van der Waals surface area contributed by atoms with Crippen molar-refractivity contribution in [3.63, 3.8) is 0 Å². The Bertz CT molecular complexity index is 930. The average molecular weight is 413 g/mol. The van der Waals surface area contributed by atoms with E-state index >= 15 is 0 Å². The molecule has 2 aromatic carbocycles. The lowest BCUT2D eigenvalue weighted by atomic mass is 10.1. The van der Waals surface area contributed by atoms with Crippen molar-refractivity contribution in [2.75, 3.05) is 11.9 Å². The molecule has 1 aliphatic heterocycles. The molecule has 0 spiro atoms. The van der Waals surface area contributed by atoms with Crippen LogP contribution in [-0.2, 0) is 14.8 Å². The van der Waals surface area contributed by atoms with Crippen LogP contribution in [-0.4, -0.2) is 31.2 Å². The molecule has 0 unspecified atom stereocenters. The number of nitrogens with one attached hydrogen (secondary N) is 1. The van der Waals surface area contributed by atoms with E-state index in [1.807, 2.05) is 6.92 Å². The van der Waals surface area contributed by atoms with Gasteiger partial charge in [0.1, 0.15) is 6.04 Å². The molecule has 3 rings (SSSR count). The maximum atomic E-state index is 12.9. The zero-order valence-electron chi connectivity index (χ0n) is 14.1. The van der Waals surface area contributed by atoms with Gasteiger partial charge in [-0.1, -0.05) is 23.2 Å². The molecule has 8 heteroatoms. The van der Waals surface area contributed by atoms with Gasteiger partial charge in [-0.3, -0.25) is 4.79 Å². The number of rotatable bonds is 4. The highest BCUT2D eigenvalue weighted by atomic mass is 35.5. The van der Waals surface area contributed by atoms with Crippen molar-refractivity contribution < 1.29 is 13.2 Å². The summed E-state index contributed by atoms with van der Waals surface area (Å²) in [4.78, 5) is 12.9. The molecule has 0 bridgehead atoms. The van der Waals surface area contributed by atoms with Gasteiger partial charge in [0.25, 0.3) is 0 Å². The predicted molar refractivity (Wildman–Crippen MR) is 103 cm³/mol. The SMILES string of the molecule is Cc1cc(Cl)ccc1NC(=O)[C@@H]1CCCN1S(=O)(=O)c1ccc(Cl)cc1. The van der Waals surface area contributed by atoms with Crippen LogP contribution in [0.5, 0.6) is 0 Å². The second-order valence-electron chi connectivity index (χ2n) is 6.18. The number of hydrogen-bond acceptors (Lipinski definition) is 3. The van der Waals surface area contributed by atoms with E-state index in [0.29, 0.717) is 35.1 Å². The minimum absolute atomic E-state index is 0.129. The number of benzene rings is 2. The first-order valence-electron chi connectivity index (χ1n) is 8.13. The molecule has 1 saturated heterocycles. The van der Waals surface area contributed by atoms with Gasteiger partial charge < -0.3 is 5.32 Å². The molecule has 1 heterocycles. The minimum atomic E-state index is -3.77. The molecular formula is C18H18Cl2N2O3S. The standard InChI is InChI=1S/C18H18Cl2N2O3S/c1-12-11-14(20)6-9-16(12)21-18(23)17-3-2-10-22(17)26(24,25)15-7-4-13(19)5-8-15/h4-9,11,17H,2-3,10H2,1H3,(H,21,23)/t17-/m0/s1. The number of amides is 1. The van der Waals surface area contributed by atoms with Crippen molar-refractivity contribution in [3.05, 3.63) is 58.1 Å². The van der Waals surface area contributed by atoms with E-state index in [0.717, 1.165) is 5.56 Å². The molecule has 0 aromatic heterocycles. The van der Waals surface area contributed by atoms with Crippen molar-refractivity contribution in [3.8, 4) is 0 Å². The van der Waals surface area contributed by atoms with E-state index in [1.165, 1.54) is 28.6 Å². The lowest BCUT2D eigenvalue weighted by molar-refractivity contribution is -0.119. The highest BCUT2D eigenvalue weighted by Gasteiger charge is 2.39. The van der Waals surface area contributed by atoms with Crippen LogP contribution >= 0.6 is 23.2 Å². The van der Waals surface area contributed by atoms with Crippen LogP contribution in [0.2, 0.25) is 10.0 Å². The second kappa shape index (κ2) is 7.56. The lowest BCUT2D eigenvalue weighted by Crippen LogP contribution is -2.43. The molecule has 1 aliphatic rings. The largest absolute Gasteiger partial charge is 0.324 e. The number of carbonyl (C=O) groups is 1. The van der Waals surface area contributed by atoms with Crippen LogP contribution in [0, 0.1) is 6.92 Å². The van der Waals surface area contributed by atoms with Crippen molar-refractivity contribution in [1.82, 2.24) is 4.31 Å². The first kappa shape index (κ1) is 19.2. The van der Waals surface area contributed by atoms with Crippen LogP contribution in [0.25, 0.3) is 0 Å². The van der Waals surface area contributed by atoms with Gasteiger partial charge in [-0.25, -0.2) is 8.42 Å². The highest BCUT2D eigenvalue weighted by molar-refractivity contribution is 7.89. The van der Waals surface area contributed by atoms with E-state index in [1.54, 1.807) is 18.2 Å². The molecule has 0 aliphatic carbocycles. The Labute approximate surface area is 163 Å². The topological polar surface area (TPSA) is 66.5 Å². The number of sulfonamides is 1. The first-order valence-corrected chi connectivity index (χ1v) is 10.3. The smallest absolute Gasteiger partial charge is 0.243 e. The number of halogens is 2. The normalized spacial score (nSPS) is 18.0. The quantitative estimate of drug-likeness (QED) is 0.821. The summed E-state index contributed by atoms with van der Waals surface area (Å²) in [5, 5.41) is 3.85. The van der Waals surface area contributed by atoms with Crippen LogP contribution in [0.1, 0.15) is 18.4 Å². The Morgan fingerprint density at radius 2 is 1.77 bits per heavy atom. The van der Waals surface area contributed by atoms with Crippen molar-refractivity contribution in [1.29, 1.82) is 0 Å². The van der Waals surface area contributed by atoms with E-state index in [9.17, 15) is 13.2 Å². The summed E-state index contributed by atoms with van der Waals surface area (Å²) in [7, 11) is -3.77. The van der Waals surface area contributed by atoms with Crippen molar-refractivity contribution >= 4 is 44.8 Å². The maximum absolute atomic E-state index is 12.9. The van der Waals surface area contributed by atoms with Gasteiger partial charge in [-0.15, -0.1) is 0 Å². The Hall–Kier alpha value is -1.60. The van der Waals surface area contributed by atoms with E-state index in [4.69, 9.17) is 23.2 Å². The van der Waals surface area contributed by atoms with E-state index in [2.05, 4.69) is 5.32 Å². The van der Waals surface area contributed by atoms with Crippen LogP contribution in [0.15, 0.2) is 47.4 Å². The zero-order valence-corrected chi connectivity index (χ0v) is 16.4. The van der Waals surface area contributed by atoms with Gasteiger partial charge in [0.15, 0.2) is 0 Å². The third kappa shape index (κ3) is 3.88. The summed E-state index contributed by atoms with van der Waals surface area (Å²) < 4.78 is 27.1. The average Bonchev–Trinajstić information content (AvgIpc) is 3.08. The van der Waals surface area contributed by atoms with Crippen molar-refractivity contribution in [2.24, 2.45) is 0 Å². The summed E-state index contributed by atoms with van der Waals surface area (Å²) in [5.41, 5.74) is 1.44. The molecule has 1 atom stereocenters. The fourth-order valence-electron chi connectivity index (χ4n) is 3.02. The predicted octanol–water partition coefficient (Wildman–Crippen LogP) is 4.09. The fourth-order valence-corrected chi connectivity index (χ4v) is 5.02. The van der Waals surface area contributed by atoms with E-state index in [-0.39, 0.29) is 10.8 Å². The summed E-state index contributed by atoms with van der Waals surface area (Å²) in [6.07, 6.45) is 1.11. The summed E-state index contributed by atoms with van der Waals surface area (Å²) in [5.74, 6) is -0.342. The number of anilines is 1. The molecule has 1 fully saturated rings. The summed E-state index contributed by atoms with van der Waals surface area (Å²) >= 11 is 11.8. The number of nitrogens with zero attached hydrogens (tertiary/aromatic N) is 1. The number of aryl methyl sites for hydroxylation is 1. The number of carbonyl (C=O) groups excluding carboxylic acids is 1. The molecule has 5 nitrogen and oxygen atoms in total. The maximum Gasteiger partial charge on any atom is 0.243 e. The molecule has 2 aromatic rings. The van der Waals surface area contributed by atoms with Crippen LogP contribution in [0.3, 0.4) is 0 Å². The van der Waals surface area contributed by atoms with Crippen LogP contribution in [0.4, 0.5) is 5.69 Å². The highest BCUT2D eigenvalue weighted by Crippen LogP contribution is 2.28. The van der Waals surface area contributed by atoms with Gasteiger partial charge >= 0.3 is 0 Å². The molecule has 26 heavy (non-hydrogen) atoms. The monoisotopic (exact) mass is 412 g/mol. The Morgan fingerprint density at radius 3 is 2.42 bits per heavy atom. The Morgan fingerprint density at radius 1 is 1.12 bits per heavy atom. The molecule has 138 valence electrons. The molecule has 1 N–H and O–H groups in total. The van der Waals surface area contributed by atoms with Crippen LogP contribution < -0.4 is 5.32 Å². The lowest BCUT2D eigenvalue weighted by Gasteiger charge is -2.23. The van der Waals surface area contributed by atoms with Gasteiger partial charge in [0.2, 0.25) is 15.9 Å². The Kier molecular flexibility index (Phi) is 5.58. The fraction of sp³-hybridized carbons (Fsp3) is 0.278. The van der Waals surface area contributed by atoms with Gasteiger partial charge in [0, 0.05) is 22.3 Å². The first-order chi connectivity index (χ1) is 12.3. The zero-order chi connectivity index (χ0) is 18.9. The Balaban J connectivity index is 1.83. The summed E-state index contributed by atoms with van der Waals surface area (Å²) in [6.45, 7) is 2.14. The number of hydrogen-bond donors (Lipinski definition) is 1. The van der Waals surface area contributed by atoms with E-state index < -0.39 is 16.1 Å². The van der Waals surface area contributed by atoms with Crippen molar-refractivity contribution in [2.45, 2.75) is 30.7 Å². The van der Waals surface area contributed by atoms with Gasteiger partial charge in [-0.05, 0) is 67.8 Å². The molecule has 0 radical (unpaired) electrons. The summed E-state index contributed by atoms with van der Waals surface area (Å²) in [6, 6.07) is 10.3. The third-order valence-electron chi connectivity index (χ3n) is 4.37. The third-order valence-corrected chi connectivity index (χ3v) is 6.78. The minimum Gasteiger partial charge on any atom is -0.324 e. The molecule has 1 amide bonds. The van der Waals surface area contributed by atoms with Gasteiger partial charge in [0.05, 0.1) is 4.90 Å². The molecular weight excluding hydrogens is 395 g/mol. The molecule has 0 saturated carbocycles.